The number of carbonyl (C=O) groups excluding carboxylic acids is 2. The lowest BCUT2D eigenvalue weighted by atomic mass is 9.95. The summed E-state index contributed by atoms with van der Waals surface area (Å²) in [6.45, 7) is 3.16. The van der Waals surface area contributed by atoms with Gasteiger partial charge in [-0.25, -0.2) is 9.37 Å². The SMILES string of the molecule is Cc1cccc(COc2ccc(/C(O)=C3\C(=O)C(=O)N(CCCn4ccnc4)[C@@H]3c3ccccc3F)cc2)c1. The lowest BCUT2D eigenvalue weighted by Gasteiger charge is -2.25. The Morgan fingerprint density at radius 3 is 2.54 bits per heavy atom. The van der Waals surface area contributed by atoms with Gasteiger partial charge in [-0.1, -0.05) is 48.0 Å². The van der Waals surface area contributed by atoms with Gasteiger partial charge in [0.15, 0.2) is 0 Å². The molecule has 1 aromatic heterocycles. The number of aryl methyl sites for hydroxylation is 2. The van der Waals surface area contributed by atoms with Crippen LogP contribution in [-0.2, 0) is 22.7 Å². The van der Waals surface area contributed by atoms with E-state index >= 15 is 0 Å². The zero-order valence-electron chi connectivity index (χ0n) is 21.5. The summed E-state index contributed by atoms with van der Waals surface area (Å²) in [7, 11) is 0. The number of aliphatic hydroxyl groups excluding tert-OH is 1. The predicted octanol–water partition coefficient (Wildman–Crippen LogP) is 5.42. The summed E-state index contributed by atoms with van der Waals surface area (Å²) in [6.07, 6.45) is 5.64. The normalized spacial score (nSPS) is 16.6. The van der Waals surface area contributed by atoms with Crippen molar-refractivity contribution in [2.75, 3.05) is 6.54 Å². The van der Waals surface area contributed by atoms with Crippen LogP contribution in [0.5, 0.6) is 5.75 Å². The van der Waals surface area contributed by atoms with Crippen LogP contribution in [0.15, 0.2) is 97.1 Å². The Balaban J connectivity index is 1.42. The van der Waals surface area contributed by atoms with Gasteiger partial charge in [-0.15, -0.1) is 0 Å². The molecule has 0 radical (unpaired) electrons. The molecule has 8 heteroatoms. The maximum atomic E-state index is 15.0. The van der Waals surface area contributed by atoms with Crippen molar-refractivity contribution in [1.82, 2.24) is 14.5 Å². The van der Waals surface area contributed by atoms with Crippen molar-refractivity contribution in [3.63, 3.8) is 0 Å². The van der Waals surface area contributed by atoms with Gasteiger partial charge in [0.05, 0.1) is 17.9 Å². The highest BCUT2D eigenvalue weighted by molar-refractivity contribution is 6.46. The molecule has 198 valence electrons. The largest absolute Gasteiger partial charge is 0.507 e. The van der Waals surface area contributed by atoms with Crippen LogP contribution in [0.2, 0.25) is 0 Å². The number of ketones is 1. The quantitative estimate of drug-likeness (QED) is 0.179. The molecule has 4 aromatic rings. The standard InChI is InChI=1S/C31H28FN3O4/c1-21-6-4-7-22(18-21)19-39-24-12-10-23(11-13-24)29(36)27-28(25-8-2-3-9-26(25)32)35(31(38)30(27)37)16-5-15-34-17-14-33-20-34/h2-4,6-14,17-18,20,28,36H,5,15-16,19H2,1H3/b29-27+/t28-/m1/s1. The molecule has 1 aliphatic rings. The minimum Gasteiger partial charge on any atom is -0.507 e. The van der Waals surface area contributed by atoms with E-state index in [-0.39, 0.29) is 23.4 Å². The van der Waals surface area contributed by atoms with E-state index in [1.807, 2.05) is 35.8 Å². The first-order valence-corrected chi connectivity index (χ1v) is 12.7. The van der Waals surface area contributed by atoms with E-state index in [0.29, 0.717) is 30.9 Å². The summed E-state index contributed by atoms with van der Waals surface area (Å²) in [4.78, 5) is 31.7. The van der Waals surface area contributed by atoms with Gasteiger partial charge in [-0.05, 0) is 49.2 Å². The van der Waals surface area contributed by atoms with Crippen molar-refractivity contribution in [2.45, 2.75) is 32.5 Å². The molecule has 0 spiro atoms. The Kier molecular flexibility index (Phi) is 7.54. The highest BCUT2D eigenvalue weighted by Gasteiger charge is 2.46. The summed E-state index contributed by atoms with van der Waals surface area (Å²) < 4.78 is 22.7. The molecule has 5 rings (SSSR count). The van der Waals surface area contributed by atoms with Crippen LogP contribution in [0.3, 0.4) is 0 Å². The van der Waals surface area contributed by atoms with E-state index in [9.17, 15) is 19.1 Å². The molecule has 1 fully saturated rings. The monoisotopic (exact) mass is 525 g/mol. The molecule has 1 aliphatic heterocycles. The Morgan fingerprint density at radius 2 is 1.82 bits per heavy atom. The van der Waals surface area contributed by atoms with E-state index < -0.39 is 23.5 Å². The molecule has 3 aromatic carbocycles. The summed E-state index contributed by atoms with van der Waals surface area (Å²) in [5, 5.41) is 11.3. The second-order valence-corrected chi connectivity index (χ2v) is 9.47. The molecule has 39 heavy (non-hydrogen) atoms. The number of likely N-dealkylation sites (tertiary alicyclic amines) is 1. The van der Waals surface area contributed by atoms with Gasteiger partial charge in [0, 0.05) is 36.6 Å². The number of imidazole rings is 1. The lowest BCUT2D eigenvalue weighted by molar-refractivity contribution is -0.140. The summed E-state index contributed by atoms with van der Waals surface area (Å²) in [5.41, 5.74) is 2.51. The Morgan fingerprint density at radius 1 is 1.03 bits per heavy atom. The fourth-order valence-corrected chi connectivity index (χ4v) is 4.81. The summed E-state index contributed by atoms with van der Waals surface area (Å²) in [5.74, 6) is -1.95. The number of halogens is 1. The average Bonchev–Trinajstić information content (AvgIpc) is 3.55. The molecule has 7 nitrogen and oxygen atoms in total. The lowest BCUT2D eigenvalue weighted by Crippen LogP contribution is -2.31. The molecule has 1 atom stereocenters. The molecule has 2 heterocycles. The number of ether oxygens (including phenoxy) is 1. The van der Waals surface area contributed by atoms with E-state index in [2.05, 4.69) is 4.98 Å². The molecule has 0 saturated carbocycles. The van der Waals surface area contributed by atoms with Crippen LogP contribution in [0.25, 0.3) is 5.76 Å². The maximum absolute atomic E-state index is 15.0. The van der Waals surface area contributed by atoms with Crippen molar-refractivity contribution >= 4 is 17.4 Å². The third-order valence-corrected chi connectivity index (χ3v) is 6.73. The third kappa shape index (κ3) is 5.60. The van der Waals surface area contributed by atoms with E-state index in [1.54, 1.807) is 55.1 Å². The summed E-state index contributed by atoms with van der Waals surface area (Å²) >= 11 is 0. The number of aliphatic hydroxyl groups is 1. The van der Waals surface area contributed by atoms with Gasteiger partial charge in [-0.3, -0.25) is 9.59 Å². The number of hydrogen-bond donors (Lipinski definition) is 1. The van der Waals surface area contributed by atoms with Gasteiger partial charge < -0.3 is 19.3 Å². The summed E-state index contributed by atoms with van der Waals surface area (Å²) in [6, 6.07) is 19.5. The minimum absolute atomic E-state index is 0.138. The maximum Gasteiger partial charge on any atom is 0.295 e. The number of aromatic nitrogens is 2. The molecular weight excluding hydrogens is 497 g/mol. The number of nitrogens with zero attached hydrogens (tertiary/aromatic N) is 3. The Hall–Kier alpha value is -4.72. The average molecular weight is 526 g/mol. The Bertz CT molecular complexity index is 1510. The molecule has 1 N–H and O–H groups in total. The van der Waals surface area contributed by atoms with E-state index in [4.69, 9.17) is 4.74 Å². The van der Waals surface area contributed by atoms with Crippen LogP contribution in [0.4, 0.5) is 4.39 Å². The highest BCUT2D eigenvalue weighted by atomic mass is 19.1. The fourth-order valence-electron chi connectivity index (χ4n) is 4.81. The second kappa shape index (κ2) is 11.3. The number of amides is 1. The van der Waals surface area contributed by atoms with Crippen LogP contribution in [-0.4, -0.2) is 37.8 Å². The first-order valence-electron chi connectivity index (χ1n) is 12.7. The van der Waals surface area contributed by atoms with Gasteiger partial charge in [0.1, 0.15) is 23.9 Å². The van der Waals surface area contributed by atoms with Crippen molar-refractivity contribution < 1.29 is 23.8 Å². The van der Waals surface area contributed by atoms with Gasteiger partial charge in [0.2, 0.25) is 0 Å². The number of Topliss-reactive ketones (excluding diaryl/α,β-unsaturated/α-hetero) is 1. The van der Waals surface area contributed by atoms with Crippen LogP contribution < -0.4 is 4.74 Å². The fraction of sp³-hybridized carbons (Fsp3) is 0.194. The molecule has 1 saturated heterocycles. The third-order valence-electron chi connectivity index (χ3n) is 6.73. The number of hydrogen-bond acceptors (Lipinski definition) is 5. The van der Waals surface area contributed by atoms with Gasteiger partial charge in [-0.2, -0.15) is 0 Å². The van der Waals surface area contributed by atoms with Gasteiger partial charge >= 0.3 is 0 Å². The van der Waals surface area contributed by atoms with Crippen molar-refractivity contribution in [3.05, 3.63) is 125 Å². The van der Waals surface area contributed by atoms with E-state index in [1.165, 1.54) is 17.0 Å². The zero-order valence-corrected chi connectivity index (χ0v) is 21.5. The smallest absolute Gasteiger partial charge is 0.295 e. The second-order valence-electron chi connectivity index (χ2n) is 9.47. The molecular formula is C31H28FN3O4. The number of carbonyl (C=O) groups is 2. The van der Waals surface area contributed by atoms with Crippen molar-refractivity contribution in [3.8, 4) is 5.75 Å². The van der Waals surface area contributed by atoms with Crippen molar-refractivity contribution in [1.29, 1.82) is 0 Å². The van der Waals surface area contributed by atoms with E-state index in [0.717, 1.165) is 11.1 Å². The van der Waals surface area contributed by atoms with Gasteiger partial charge in [0.25, 0.3) is 11.7 Å². The first-order chi connectivity index (χ1) is 18.9. The van der Waals surface area contributed by atoms with Crippen LogP contribution >= 0.6 is 0 Å². The van der Waals surface area contributed by atoms with Crippen molar-refractivity contribution in [2.24, 2.45) is 0 Å². The zero-order chi connectivity index (χ0) is 27.4. The topological polar surface area (TPSA) is 84.7 Å². The minimum atomic E-state index is -1.05. The highest BCUT2D eigenvalue weighted by Crippen LogP contribution is 2.40. The molecule has 0 bridgehead atoms. The molecule has 0 aliphatic carbocycles. The van der Waals surface area contributed by atoms with Crippen LogP contribution in [0, 0.1) is 12.7 Å². The predicted molar refractivity (Wildman–Crippen MR) is 144 cm³/mol. The number of rotatable bonds is 9. The van der Waals surface area contributed by atoms with Crippen LogP contribution in [0.1, 0.15) is 34.7 Å². The molecule has 1 amide bonds. The Labute approximate surface area is 225 Å². The molecule has 0 unspecified atom stereocenters. The first kappa shape index (κ1) is 25.9. The number of benzene rings is 3.